The van der Waals surface area contributed by atoms with Gasteiger partial charge >= 0.3 is 0 Å². The second-order valence-corrected chi connectivity index (χ2v) is 7.63. The van der Waals surface area contributed by atoms with Crippen LogP contribution in [0.15, 0.2) is 60.7 Å². The summed E-state index contributed by atoms with van der Waals surface area (Å²) in [6, 6.07) is 20.4. The maximum atomic E-state index is 12.5. The molecule has 1 saturated carbocycles. The van der Waals surface area contributed by atoms with Gasteiger partial charge in [0.15, 0.2) is 0 Å². The monoisotopic (exact) mass is 389 g/mol. The number of hydrogen-bond donors (Lipinski definition) is 2. The van der Waals surface area contributed by atoms with Crippen LogP contribution in [0.1, 0.15) is 41.7 Å². The fraction of sp³-hybridized carbons (Fsp3) is 0.333. The van der Waals surface area contributed by atoms with E-state index in [4.69, 9.17) is 9.72 Å². The summed E-state index contributed by atoms with van der Waals surface area (Å²) in [5.41, 5.74) is 2.75. The largest absolute Gasteiger partial charge is 0.497 e. The minimum atomic E-state index is -0.0272. The third-order valence-electron chi connectivity index (χ3n) is 5.62. The lowest BCUT2D eigenvalue weighted by Gasteiger charge is -2.29. The Morgan fingerprint density at radius 3 is 2.62 bits per heavy atom. The highest BCUT2D eigenvalue weighted by molar-refractivity contribution is 5.94. The van der Waals surface area contributed by atoms with Crippen molar-refractivity contribution in [1.82, 2.24) is 15.6 Å². The highest BCUT2D eigenvalue weighted by Crippen LogP contribution is 2.20. The number of amides is 1. The number of hydrogen-bond acceptors (Lipinski definition) is 4. The zero-order chi connectivity index (χ0) is 20.1. The molecule has 1 aliphatic carbocycles. The van der Waals surface area contributed by atoms with Crippen molar-refractivity contribution in [3.63, 3.8) is 0 Å². The molecule has 150 valence electrons. The number of benzene rings is 2. The summed E-state index contributed by atoms with van der Waals surface area (Å²) >= 11 is 0. The molecular weight excluding hydrogens is 362 g/mol. The molecule has 0 atom stereocenters. The van der Waals surface area contributed by atoms with E-state index in [0.29, 0.717) is 17.4 Å². The lowest BCUT2D eigenvalue weighted by molar-refractivity contribution is 0.0924. The molecule has 5 heteroatoms. The number of aromatic nitrogens is 1. The van der Waals surface area contributed by atoms with E-state index in [0.717, 1.165) is 43.4 Å². The quantitative estimate of drug-likeness (QED) is 0.667. The highest BCUT2D eigenvalue weighted by Gasteiger charge is 2.22. The van der Waals surface area contributed by atoms with Crippen LogP contribution in [0, 0.1) is 0 Å². The standard InChI is InChI=1S/C24H27N3O2/c1-29-22-7-4-6-18(15-22)24(28)27-20-13-11-19(12-14-20)25-16-21-10-9-17-5-2-3-8-23(17)26-21/h2-10,15,19-20,25H,11-14,16H2,1H3,(H,27,28). The van der Waals surface area contributed by atoms with Gasteiger partial charge in [0.1, 0.15) is 5.75 Å². The molecular formula is C24H27N3O2. The number of carbonyl (C=O) groups excluding carboxylic acids is 1. The van der Waals surface area contributed by atoms with E-state index in [9.17, 15) is 4.79 Å². The van der Waals surface area contributed by atoms with Gasteiger partial charge in [-0.25, -0.2) is 0 Å². The van der Waals surface area contributed by atoms with Crippen LogP contribution in [0.4, 0.5) is 0 Å². The van der Waals surface area contributed by atoms with E-state index in [1.807, 2.05) is 30.3 Å². The van der Waals surface area contributed by atoms with Crippen LogP contribution in [0.3, 0.4) is 0 Å². The van der Waals surface area contributed by atoms with Crippen molar-refractivity contribution in [3.8, 4) is 5.75 Å². The highest BCUT2D eigenvalue weighted by atomic mass is 16.5. The zero-order valence-electron chi connectivity index (χ0n) is 16.7. The molecule has 1 fully saturated rings. The lowest BCUT2D eigenvalue weighted by atomic mass is 9.91. The van der Waals surface area contributed by atoms with Gasteiger partial charge in [0.05, 0.1) is 18.3 Å². The van der Waals surface area contributed by atoms with Crippen molar-refractivity contribution >= 4 is 16.8 Å². The Hall–Kier alpha value is -2.92. The van der Waals surface area contributed by atoms with E-state index >= 15 is 0 Å². The lowest BCUT2D eigenvalue weighted by Crippen LogP contribution is -2.42. The first-order valence-electron chi connectivity index (χ1n) is 10.2. The van der Waals surface area contributed by atoms with Crippen LogP contribution in [0.25, 0.3) is 10.9 Å². The average Bonchev–Trinajstić information content (AvgIpc) is 2.78. The summed E-state index contributed by atoms with van der Waals surface area (Å²) in [5.74, 6) is 0.675. The second kappa shape index (κ2) is 9.05. The van der Waals surface area contributed by atoms with E-state index in [2.05, 4.69) is 34.9 Å². The molecule has 1 aliphatic rings. The zero-order valence-corrected chi connectivity index (χ0v) is 16.7. The minimum absolute atomic E-state index is 0.0272. The van der Waals surface area contributed by atoms with Crippen molar-refractivity contribution in [2.24, 2.45) is 0 Å². The molecule has 2 aromatic carbocycles. The first kappa shape index (κ1) is 19.4. The fourth-order valence-corrected chi connectivity index (χ4v) is 3.93. The maximum absolute atomic E-state index is 12.5. The van der Waals surface area contributed by atoms with Crippen LogP contribution >= 0.6 is 0 Å². The van der Waals surface area contributed by atoms with Gasteiger partial charge in [0.2, 0.25) is 0 Å². The predicted octanol–water partition coefficient (Wildman–Crippen LogP) is 4.07. The Balaban J connectivity index is 1.25. The molecule has 3 aromatic rings. The van der Waals surface area contributed by atoms with E-state index < -0.39 is 0 Å². The van der Waals surface area contributed by atoms with Gasteiger partial charge in [-0.2, -0.15) is 0 Å². The number of nitrogens with zero attached hydrogens (tertiary/aromatic N) is 1. The summed E-state index contributed by atoms with van der Waals surface area (Å²) in [7, 11) is 1.61. The van der Waals surface area contributed by atoms with E-state index in [1.165, 1.54) is 5.39 Å². The average molecular weight is 389 g/mol. The molecule has 0 bridgehead atoms. The Kier molecular flexibility index (Phi) is 6.06. The molecule has 0 aliphatic heterocycles. The van der Waals surface area contributed by atoms with Crippen molar-refractivity contribution in [1.29, 1.82) is 0 Å². The van der Waals surface area contributed by atoms with Gasteiger partial charge in [-0.3, -0.25) is 9.78 Å². The number of pyridine rings is 1. The van der Waals surface area contributed by atoms with Crippen LogP contribution in [0.5, 0.6) is 5.75 Å². The molecule has 5 nitrogen and oxygen atoms in total. The number of ether oxygens (including phenoxy) is 1. The molecule has 1 amide bonds. The molecule has 29 heavy (non-hydrogen) atoms. The van der Waals surface area contributed by atoms with Gasteiger partial charge in [0.25, 0.3) is 5.91 Å². The first-order valence-corrected chi connectivity index (χ1v) is 10.2. The summed E-state index contributed by atoms with van der Waals surface area (Å²) < 4.78 is 5.20. The summed E-state index contributed by atoms with van der Waals surface area (Å²) in [6.07, 6.45) is 4.07. The minimum Gasteiger partial charge on any atom is -0.497 e. The number of carbonyl (C=O) groups is 1. The molecule has 1 aromatic heterocycles. The number of rotatable bonds is 6. The third kappa shape index (κ3) is 4.93. The molecule has 1 heterocycles. The first-order chi connectivity index (χ1) is 14.2. The smallest absolute Gasteiger partial charge is 0.251 e. The van der Waals surface area contributed by atoms with Crippen molar-refractivity contribution < 1.29 is 9.53 Å². The SMILES string of the molecule is COc1cccc(C(=O)NC2CCC(NCc3ccc4ccccc4n3)CC2)c1. The number of fused-ring (bicyclic) bond motifs is 1. The van der Waals surface area contributed by atoms with E-state index in [-0.39, 0.29) is 11.9 Å². The molecule has 4 rings (SSSR count). The summed E-state index contributed by atoms with van der Waals surface area (Å²) in [6.45, 7) is 0.774. The molecule has 2 N–H and O–H groups in total. The number of nitrogens with one attached hydrogen (secondary N) is 2. The van der Waals surface area contributed by atoms with Gasteiger partial charge in [0, 0.05) is 29.6 Å². The van der Waals surface area contributed by atoms with Crippen molar-refractivity contribution in [2.45, 2.75) is 44.3 Å². The second-order valence-electron chi connectivity index (χ2n) is 7.63. The fourth-order valence-electron chi connectivity index (χ4n) is 3.93. The van der Waals surface area contributed by atoms with Crippen molar-refractivity contribution in [2.75, 3.05) is 7.11 Å². The number of methoxy groups -OCH3 is 1. The Bertz CT molecular complexity index is 981. The van der Waals surface area contributed by atoms with Gasteiger partial charge in [-0.05, 0) is 56.0 Å². The van der Waals surface area contributed by atoms with Gasteiger partial charge < -0.3 is 15.4 Å². The molecule has 0 spiro atoms. The molecule has 0 unspecified atom stereocenters. The van der Waals surface area contributed by atoms with Crippen LogP contribution in [0.2, 0.25) is 0 Å². The van der Waals surface area contributed by atoms with E-state index in [1.54, 1.807) is 13.2 Å². The summed E-state index contributed by atoms with van der Waals surface area (Å²) in [5, 5.41) is 7.97. The van der Waals surface area contributed by atoms with Crippen LogP contribution in [-0.4, -0.2) is 30.1 Å². The van der Waals surface area contributed by atoms with Crippen LogP contribution in [-0.2, 0) is 6.54 Å². The molecule has 0 saturated heterocycles. The predicted molar refractivity (Wildman–Crippen MR) is 115 cm³/mol. The van der Waals surface area contributed by atoms with Crippen LogP contribution < -0.4 is 15.4 Å². The Morgan fingerprint density at radius 1 is 1.00 bits per heavy atom. The summed E-state index contributed by atoms with van der Waals surface area (Å²) in [4.78, 5) is 17.2. The van der Waals surface area contributed by atoms with Gasteiger partial charge in [-0.1, -0.05) is 30.3 Å². The maximum Gasteiger partial charge on any atom is 0.251 e. The topological polar surface area (TPSA) is 63.2 Å². The molecule has 0 radical (unpaired) electrons. The van der Waals surface area contributed by atoms with Crippen molar-refractivity contribution in [3.05, 3.63) is 71.9 Å². The normalized spacial score (nSPS) is 19.1. The Morgan fingerprint density at radius 2 is 1.79 bits per heavy atom. The Labute approximate surface area is 171 Å². The number of para-hydroxylation sites is 1. The third-order valence-corrected chi connectivity index (χ3v) is 5.62. The van der Waals surface area contributed by atoms with Gasteiger partial charge in [-0.15, -0.1) is 0 Å².